The van der Waals surface area contributed by atoms with E-state index in [1.165, 1.54) is 12.1 Å². The Morgan fingerprint density at radius 3 is 2.37 bits per heavy atom. The van der Waals surface area contributed by atoms with Crippen LogP contribution in [0, 0.1) is 40.6 Å². The maximum absolute atomic E-state index is 14.7. The van der Waals surface area contributed by atoms with E-state index in [1.54, 1.807) is 12.1 Å². The Kier molecular flexibility index (Phi) is 5.29. The van der Waals surface area contributed by atoms with Crippen molar-refractivity contribution in [1.29, 1.82) is 5.26 Å². The number of benzene rings is 3. The van der Waals surface area contributed by atoms with Crippen molar-refractivity contribution in [2.45, 2.75) is 12.8 Å². The molecule has 0 atom stereocenters. The third kappa shape index (κ3) is 3.86. The number of nitrogens with zero attached hydrogens (tertiary/aromatic N) is 1. The summed E-state index contributed by atoms with van der Waals surface area (Å²) in [5, 5.41) is 9.87. The molecule has 3 aromatic carbocycles. The minimum Gasteiger partial charge on any atom is -0.205 e. The average molecular weight is 361 g/mol. The number of halogens is 3. The predicted molar refractivity (Wildman–Crippen MR) is 99.5 cm³/mol. The van der Waals surface area contributed by atoms with Crippen molar-refractivity contribution < 1.29 is 13.2 Å². The molecule has 0 aliphatic carbocycles. The highest BCUT2D eigenvalue weighted by molar-refractivity contribution is 5.85. The first kappa shape index (κ1) is 18.3. The van der Waals surface area contributed by atoms with Gasteiger partial charge in [-0.25, -0.2) is 13.2 Å². The maximum Gasteiger partial charge on any atom is 0.146 e. The highest BCUT2D eigenvalue weighted by atomic mass is 19.1. The number of allylic oxidation sites excluding steroid dienone is 1. The van der Waals surface area contributed by atoms with Crippen LogP contribution < -0.4 is 0 Å². The molecule has 0 amide bonds. The van der Waals surface area contributed by atoms with Crippen LogP contribution in [0.2, 0.25) is 0 Å². The van der Waals surface area contributed by atoms with E-state index in [0.717, 1.165) is 35.9 Å². The van der Waals surface area contributed by atoms with E-state index in [9.17, 15) is 13.2 Å². The van der Waals surface area contributed by atoms with Crippen LogP contribution in [0.1, 0.15) is 28.7 Å². The highest BCUT2D eigenvalue weighted by Gasteiger charge is 2.10. The van der Waals surface area contributed by atoms with E-state index in [0.29, 0.717) is 5.39 Å². The maximum atomic E-state index is 14.7. The lowest BCUT2D eigenvalue weighted by Gasteiger charge is -2.05. The van der Waals surface area contributed by atoms with E-state index in [4.69, 9.17) is 5.26 Å². The second-order valence-corrected chi connectivity index (χ2v) is 5.99. The van der Waals surface area contributed by atoms with Crippen LogP contribution in [0.25, 0.3) is 10.8 Å². The van der Waals surface area contributed by atoms with Gasteiger partial charge in [-0.15, -0.1) is 6.58 Å². The first-order chi connectivity index (χ1) is 13.0. The van der Waals surface area contributed by atoms with Crippen LogP contribution in [0.5, 0.6) is 0 Å². The minimum atomic E-state index is -0.993. The Bertz CT molecular complexity index is 1120. The Morgan fingerprint density at radius 1 is 0.963 bits per heavy atom. The molecule has 0 spiro atoms. The van der Waals surface area contributed by atoms with Crippen molar-refractivity contribution in [2.75, 3.05) is 0 Å². The molecule has 0 saturated carbocycles. The Morgan fingerprint density at radius 2 is 1.70 bits per heavy atom. The number of hydrogen-bond acceptors (Lipinski definition) is 1. The molecule has 0 bridgehead atoms. The van der Waals surface area contributed by atoms with Crippen molar-refractivity contribution in [3.63, 3.8) is 0 Å². The van der Waals surface area contributed by atoms with Gasteiger partial charge in [0.25, 0.3) is 0 Å². The number of fused-ring (bicyclic) bond motifs is 1. The summed E-state index contributed by atoms with van der Waals surface area (Å²) in [5.74, 6) is 2.69. The summed E-state index contributed by atoms with van der Waals surface area (Å²) in [5.41, 5.74) is 0.587. The quantitative estimate of drug-likeness (QED) is 0.437. The van der Waals surface area contributed by atoms with Crippen LogP contribution in [0.15, 0.2) is 55.1 Å². The largest absolute Gasteiger partial charge is 0.205 e. The van der Waals surface area contributed by atoms with Gasteiger partial charge in [0, 0.05) is 10.9 Å². The van der Waals surface area contributed by atoms with E-state index in [1.807, 2.05) is 18.2 Å². The normalized spacial score (nSPS) is 10.1. The molecule has 4 heteroatoms. The summed E-state index contributed by atoms with van der Waals surface area (Å²) in [6, 6.07) is 12.2. The van der Waals surface area contributed by atoms with Crippen LogP contribution in [-0.4, -0.2) is 0 Å². The summed E-state index contributed by atoms with van der Waals surface area (Å²) < 4.78 is 42.0. The van der Waals surface area contributed by atoms with Gasteiger partial charge in [-0.05, 0) is 42.0 Å². The fraction of sp³-hybridized carbons (Fsp3) is 0.0870. The van der Waals surface area contributed by atoms with E-state index in [-0.39, 0.29) is 11.1 Å². The first-order valence-corrected chi connectivity index (χ1v) is 8.26. The van der Waals surface area contributed by atoms with Gasteiger partial charge in [0.1, 0.15) is 29.1 Å². The number of nitriles is 1. The predicted octanol–water partition coefficient (Wildman–Crippen LogP) is 5.65. The lowest BCUT2D eigenvalue weighted by Crippen LogP contribution is -1.92. The number of hydrogen-bond donors (Lipinski definition) is 0. The SMILES string of the molecule is C=CCCc1ccc2c(F)c(C#Cc3cc(F)c(C#N)c(F)c3)ccc2c1. The van der Waals surface area contributed by atoms with Gasteiger partial charge in [-0.3, -0.25) is 0 Å². The number of aryl methyl sites for hydroxylation is 1. The molecule has 0 radical (unpaired) electrons. The Balaban J connectivity index is 1.97. The molecule has 0 aliphatic rings. The standard InChI is InChI=1S/C23H14F3N/c1-2-3-4-15-6-10-19-18(11-15)9-8-17(23(19)26)7-5-16-12-21(24)20(14-27)22(25)13-16/h2,6,8-13H,1,3-4H2. The minimum absolute atomic E-state index is 0.0308. The summed E-state index contributed by atoms with van der Waals surface area (Å²) in [6.07, 6.45) is 3.51. The van der Waals surface area contributed by atoms with Gasteiger partial charge < -0.3 is 0 Å². The third-order valence-corrected chi connectivity index (χ3v) is 4.15. The molecule has 0 saturated heterocycles. The smallest absolute Gasteiger partial charge is 0.146 e. The summed E-state index contributed by atoms with van der Waals surface area (Å²) in [7, 11) is 0. The first-order valence-electron chi connectivity index (χ1n) is 8.26. The Labute approximate surface area is 155 Å². The molecule has 0 aromatic heterocycles. The molecule has 27 heavy (non-hydrogen) atoms. The Hall–Kier alpha value is -3.50. The zero-order chi connectivity index (χ0) is 19.4. The lowest BCUT2D eigenvalue weighted by molar-refractivity contribution is 0.576. The molecular weight excluding hydrogens is 347 g/mol. The molecule has 3 rings (SSSR count). The third-order valence-electron chi connectivity index (χ3n) is 4.15. The van der Waals surface area contributed by atoms with E-state index in [2.05, 4.69) is 18.4 Å². The van der Waals surface area contributed by atoms with Crippen LogP contribution in [0.4, 0.5) is 13.2 Å². The molecule has 1 nitrogen and oxygen atoms in total. The van der Waals surface area contributed by atoms with Gasteiger partial charge in [0.05, 0.1) is 5.56 Å². The van der Waals surface area contributed by atoms with Crippen LogP contribution >= 0.6 is 0 Å². The van der Waals surface area contributed by atoms with Crippen molar-refractivity contribution >= 4 is 10.8 Å². The highest BCUT2D eigenvalue weighted by Crippen LogP contribution is 2.23. The average Bonchev–Trinajstić information content (AvgIpc) is 2.65. The number of rotatable bonds is 3. The second-order valence-electron chi connectivity index (χ2n) is 5.99. The molecule has 132 valence electrons. The van der Waals surface area contributed by atoms with Crippen molar-refractivity contribution in [3.8, 4) is 17.9 Å². The summed E-state index contributed by atoms with van der Waals surface area (Å²) >= 11 is 0. The zero-order valence-electron chi connectivity index (χ0n) is 14.3. The fourth-order valence-corrected chi connectivity index (χ4v) is 2.75. The van der Waals surface area contributed by atoms with Gasteiger partial charge in [-0.1, -0.05) is 42.2 Å². The molecule has 3 aromatic rings. The van der Waals surface area contributed by atoms with Gasteiger partial charge in [-0.2, -0.15) is 5.26 Å². The van der Waals surface area contributed by atoms with Crippen molar-refractivity contribution in [3.05, 3.63) is 94.8 Å². The molecule has 0 unspecified atom stereocenters. The summed E-state index contributed by atoms with van der Waals surface area (Å²) in [6.45, 7) is 3.69. The monoisotopic (exact) mass is 361 g/mol. The lowest BCUT2D eigenvalue weighted by atomic mass is 10.0. The molecular formula is C23H14F3N. The van der Waals surface area contributed by atoms with Gasteiger partial charge >= 0.3 is 0 Å². The van der Waals surface area contributed by atoms with Crippen LogP contribution in [0.3, 0.4) is 0 Å². The fourth-order valence-electron chi connectivity index (χ4n) is 2.75. The molecule has 0 aliphatic heterocycles. The molecule has 0 N–H and O–H groups in total. The molecule has 0 heterocycles. The van der Waals surface area contributed by atoms with E-state index < -0.39 is 23.0 Å². The topological polar surface area (TPSA) is 23.8 Å². The van der Waals surface area contributed by atoms with Gasteiger partial charge in [0.15, 0.2) is 0 Å². The van der Waals surface area contributed by atoms with Crippen molar-refractivity contribution in [1.82, 2.24) is 0 Å². The zero-order valence-corrected chi connectivity index (χ0v) is 14.3. The van der Waals surface area contributed by atoms with Crippen LogP contribution in [-0.2, 0) is 6.42 Å². The van der Waals surface area contributed by atoms with Crippen molar-refractivity contribution in [2.24, 2.45) is 0 Å². The van der Waals surface area contributed by atoms with Gasteiger partial charge in [0.2, 0.25) is 0 Å². The van der Waals surface area contributed by atoms with E-state index >= 15 is 0 Å². The molecule has 0 fully saturated rings. The second kappa shape index (κ2) is 7.81. The summed E-state index contributed by atoms with van der Waals surface area (Å²) in [4.78, 5) is 0.